The quantitative estimate of drug-likeness (QED) is 0.886. The topological polar surface area (TPSA) is 95.8 Å². The average Bonchev–Trinajstić information content (AvgIpc) is 2.36. The number of carbonyl (C=O) groups is 1. The third-order valence-electron chi connectivity index (χ3n) is 2.76. The van der Waals surface area contributed by atoms with Crippen LogP contribution in [0.15, 0.2) is 27.5 Å². The number of aliphatic carboxylic acids is 1. The lowest BCUT2D eigenvalue weighted by molar-refractivity contribution is -0.136. The highest BCUT2D eigenvalue weighted by Gasteiger charge is 2.28. The monoisotopic (exact) mass is 314 g/mol. The number of rotatable bonds is 3. The van der Waals surface area contributed by atoms with E-state index in [1.54, 1.807) is 26.0 Å². The molecule has 0 saturated carbocycles. The van der Waals surface area contributed by atoms with Crippen molar-refractivity contribution in [3.05, 3.63) is 23.8 Å². The van der Waals surface area contributed by atoms with E-state index in [1.165, 1.54) is 6.07 Å². The second-order valence-electron chi connectivity index (χ2n) is 4.35. The maximum absolute atomic E-state index is 12.1. The molecular formula is C12H14N2O4S2. The minimum atomic E-state index is -3.78. The van der Waals surface area contributed by atoms with Crippen LogP contribution in [0.3, 0.4) is 0 Å². The zero-order valence-electron chi connectivity index (χ0n) is 11.0. The molecule has 8 heteroatoms. The van der Waals surface area contributed by atoms with Crippen LogP contribution in [-0.4, -0.2) is 29.9 Å². The first-order chi connectivity index (χ1) is 9.33. The molecule has 1 aromatic carbocycles. The average molecular weight is 314 g/mol. The molecule has 6 nitrogen and oxygen atoms in total. The number of benzene rings is 1. The second-order valence-corrected chi connectivity index (χ2v) is 7.11. The molecule has 0 aromatic heterocycles. The van der Waals surface area contributed by atoms with Gasteiger partial charge in [0, 0.05) is 0 Å². The summed E-state index contributed by atoms with van der Waals surface area (Å²) in [6.45, 7) is 3.52. The number of amidine groups is 1. The molecule has 0 fully saturated rings. The minimum Gasteiger partial charge on any atom is -0.480 e. The molecule has 0 saturated heterocycles. The van der Waals surface area contributed by atoms with Crippen LogP contribution in [0.1, 0.15) is 18.9 Å². The Labute approximate surface area is 121 Å². The van der Waals surface area contributed by atoms with Crippen molar-refractivity contribution in [2.75, 3.05) is 5.32 Å². The number of fused-ring (bicyclic) bond motifs is 1. The minimum absolute atomic E-state index is 0.0932. The second kappa shape index (κ2) is 5.45. The third kappa shape index (κ3) is 2.96. The number of carboxylic acids is 1. The summed E-state index contributed by atoms with van der Waals surface area (Å²) in [4.78, 5) is 11.1. The molecule has 1 aromatic rings. The number of thioether (sulfide) groups is 1. The summed E-state index contributed by atoms with van der Waals surface area (Å²) in [6, 6.07) is 4.97. The number of carboxylic acid groups (broad SMARTS) is 1. The molecule has 1 atom stereocenters. The molecule has 1 heterocycles. The fourth-order valence-corrected chi connectivity index (χ4v) is 4.00. The number of hydrogen-bond donors (Lipinski definition) is 2. The highest BCUT2D eigenvalue weighted by atomic mass is 32.2. The molecule has 0 amide bonds. The number of anilines is 1. The van der Waals surface area contributed by atoms with Gasteiger partial charge in [0.2, 0.25) is 0 Å². The molecule has 0 aliphatic carbocycles. The van der Waals surface area contributed by atoms with Gasteiger partial charge in [-0.05, 0) is 31.0 Å². The molecule has 108 valence electrons. The van der Waals surface area contributed by atoms with Crippen LogP contribution in [0.4, 0.5) is 5.69 Å². The van der Waals surface area contributed by atoms with E-state index in [4.69, 9.17) is 5.11 Å². The Morgan fingerprint density at radius 1 is 1.50 bits per heavy atom. The van der Waals surface area contributed by atoms with Crippen LogP contribution < -0.4 is 5.32 Å². The van der Waals surface area contributed by atoms with E-state index in [0.717, 1.165) is 17.3 Å². The fourth-order valence-electron chi connectivity index (χ4n) is 1.74. The van der Waals surface area contributed by atoms with Gasteiger partial charge in [0.05, 0.1) is 5.69 Å². The normalized spacial score (nSPS) is 17.6. The number of nitrogens with one attached hydrogen (secondary N) is 1. The van der Waals surface area contributed by atoms with E-state index in [1.807, 2.05) is 0 Å². The molecular weight excluding hydrogens is 300 g/mol. The van der Waals surface area contributed by atoms with Gasteiger partial charge in [0.15, 0.2) is 5.17 Å². The predicted molar refractivity (Wildman–Crippen MR) is 78.7 cm³/mol. The largest absolute Gasteiger partial charge is 0.480 e. The maximum Gasteiger partial charge on any atom is 0.317 e. The molecule has 2 rings (SSSR count). The zero-order valence-corrected chi connectivity index (χ0v) is 12.6. The van der Waals surface area contributed by atoms with Gasteiger partial charge in [-0.1, -0.05) is 24.8 Å². The predicted octanol–water partition coefficient (Wildman–Crippen LogP) is 2.06. The molecule has 0 spiro atoms. The number of nitrogens with zero attached hydrogens (tertiary/aromatic N) is 1. The lowest BCUT2D eigenvalue weighted by atomic mass is 10.2. The fraction of sp³-hybridized carbons (Fsp3) is 0.333. The van der Waals surface area contributed by atoms with Gasteiger partial charge in [0.25, 0.3) is 10.0 Å². The van der Waals surface area contributed by atoms with E-state index in [9.17, 15) is 13.2 Å². The smallest absolute Gasteiger partial charge is 0.317 e. The molecule has 1 unspecified atom stereocenters. The van der Waals surface area contributed by atoms with E-state index in [-0.39, 0.29) is 10.1 Å². The summed E-state index contributed by atoms with van der Waals surface area (Å²) in [5.41, 5.74) is 1.24. The summed E-state index contributed by atoms with van der Waals surface area (Å²) < 4.78 is 27.8. The van der Waals surface area contributed by atoms with Crippen molar-refractivity contribution in [1.29, 1.82) is 0 Å². The van der Waals surface area contributed by atoms with E-state index < -0.39 is 21.2 Å². The first-order valence-electron chi connectivity index (χ1n) is 5.95. The van der Waals surface area contributed by atoms with E-state index in [2.05, 4.69) is 9.71 Å². The number of hydrogen-bond acceptors (Lipinski definition) is 5. The molecule has 1 aliphatic heterocycles. The van der Waals surface area contributed by atoms with Gasteiger partial charge in [0.1, 0.15) is 10.1 Å². The highest BCUT2D eigenvalue weighted by Crippen LogP contribution is 2.31. The van der Waals surface area contributed by atoms with Gasteiger partial charge in [-0.3, -0.25) is 4.79 Å². The van der Waals surface area contributed by atoms with Crippen molar-refractivity contribution in [3.8, 4) is 0 Å². The van der Waals surface area contributed by atoms with E-state index >= 15 is 0 Å². The third-order valence-corrected chi connectivity index (χ3v) is 5.43. The Morgan fingerprint density at radius 3 is 2.80 bits per heavy atom. The molecule has 1 aliphatic rings. The Hall–Kier alpha value is -1.54. The first kappa shape index (κ1) is 14.9. The van der Waals surface area contributed by atoms with Crippen LogP contribution in [0, 0.1) is 6.92 Å². The zero-order chi connectivity index (χ0) is 14.9. The summed E-state index contributed by atoms with van der Waals surface area (Å²) in [5.74, 6) is -0.992. The Balaban J connectivity index is 2.35. The Bertz CT molecular complexity index is 683. The van der Waals surface area contributed by atoms with Crippen molar-refractivity contribution in [2.45, 2.75) is 30.4 Å². The van der Waals surface area contributed by atoms with Gasteiger partial charge < -0.3 is 10.4 Å². The lowest BCUT2D eigenvalue weighted by Gasteiger charge is -2.19. The van der Waals surface area contributed by atoms with Gasteiger partial charge >= 0.3 is 5.97 Å². The number of aryl methyl sites for hydroxylation is 1. The summed E-state index contributed by atoms with van der Waals surface area (Å²) in [6.07, 6.45) is 0.376. The van der Waals surface area contributed by atoms with Crippen molar-refractivity contribution >= 4 is 38.6 Å². The van der Waals surface area contributed by atoms with Crippen LogP contribution in [-0.2, 0) is 14.8 Å². The van der Waals surface area contributed by atoms with Crippen LogP contribution in [0.2, 0.25) is 0 Å². The summed E-state index contributed by atoms with van der Waals surface area (Å²) in [7, 11) is -3.78. The lowest BCUT2D eigenvalue weighted by Crippen LogP contribution is -2.24. The standard InChI is InChI=1S/C12H14N2O4S2/c1-3-9(11(15)16)19-12-13-8-5-4-7(2)6-10(8)20(17,18)14-12/h4-6,9H,3H2,1-2H3,(H,13,14)(H,15,16). The van der Waals surface area contributed by atoms with Crippen LogP contribution >= 0.6 is 11.8 Å². The van der Waals surface area contributed by atoms with Gasteiger partial charge in [-0.2, -0.15) is 8.42 Å². The first-order valence-corrected chi connectivity index (χ1v) is 8.27. The molecule has 0 bridgehead atoms. The summed E-state index contributed by atoms with van der Waals surface area (Å²) >= 11 is 0.904. The van der Waals surface area contributed by atoms with Crippen molar-refractivity contribution in [3.63, 3.8) is 0 Å². The van der Waals surface area contributed by atoms with Crippen LogP contribution in [0.5, 0.6) is 0 Å². The number of sulfonamides is 1. The van der Waals surface area contributed by atoms with Gasteiger partial charge in [-0.25, -0.2) is 0 Å². The van der Waals surface area contributed by atoms with Gasteiger partial charge in [-0.15, -0.1) is 4.40 Å². The Kier molecular flexibility index (Phi) is 4.05. The maximum atomic E-state index is 12.1. The molecule has 2 N–H and O–H groups in total. The van der Waals surface area contributed by atoms with Crippen molar-refractivity contribution < 1.29 is 18.3 Å². The SMILES string of the molecule is CCC(SC1=NS(=O)(=O)c2cc(C)ccc2N1)C(=O)O. The van der Waals surface area contributed by atoms with Crippen molar-refractivity contribution in [1.82, 2.24) is 0 Å². The molecule has 20 heavy (non-hydrogen) atoms. The molecule has 0 radical (unpaired) electrons. The van der Waals surface area contributed by atoms with E-state index in [0.29, 0.717) is 12.1 Å². The van der Waals surface area contributed by atoms with Crippen LogP contribution in [0.25, 0.3) is 0 Å². The van der Waals surface area contributed by atoms with Crippen molar-refractivity contribution in [2.24, 2.45) is 4.40 Å². The summed E-state index contributed by atoms with van der Waals surface area (Å²) in [5, 5.41) is 11.2. The Morgan fingerprint density at radius 2 is 2.20 bits per heavy atom. The highest BCUT2D eigenvalue weighted by molar-refractivity contribution is 8.15.